The highest BCUT2D eigenvalue weighted by molar-refractivity contribution is 5.89. The topological polar surface area (TPSA) is 44.8 Å². The number of anilines is 1. The van der Waals surface area contributed by atoms with Crippen LogP contribution in [-0.2, 0) is 4.74 Å². The van der Waals surface area contributed by atoms with Crippen LogP contribution in [-0.4, -0.2) is 61.8 Å². The highest BCUT2D eigenvalue weighted by Crippen LogP contribution is 2.25. The molecule has 1 N–H and O–H groups in total. The fraction of sp³-hybridized carbons (Fsp3) is 0.654. The Kier molecular flexibility index (Phi) is 11.1. The number of nitrogens with one attached hydrogen (secondary N) is 1. The third-order valence-electron chi connectivity index (χ3n) is 6.50. The number of hydrogen-bond acceptors (Lipinski definition) is 3. The fourth-order valence-electron chi connectivity index (χ4n) is 4.19. The van der Waals surface area contributed by atoms with Crippen LogP contribution >= 0.6 is 0 Å². The van der Waals surface area contributed by atoms with Gasteiger partial charge in [0.2, 0.25) is 0 Å². The molecule has 1 saturated carbocycles. The second kappa shape index (κ2) is 13.5. The van der Waals surface area contributed by atoms with Crippen molar-refractivity contribution >= 4 is 11.7 Å². The summed E-state index contributed by atoms with van der Waals surface area (Å²) in [6.07, 6.45) is 11.3. The smallest absolute Gasteiger partial charge is 0.321 e. The molecule has 1 fully saturated rings. The summed E-state index contributed by atoms with van der Waals surface area (Å²) in [4.78, 5) is 16.8. The minimum atomic E-state index is -0.0219. The molecular formula is C26H43N3O2. The van der Waals surface area contributed by atoms with E-state index in [1.165, 1.54) is 30.4 Å². The molecule has 0 spiro atoms. The van der Waals surface area contributed by atoms with Gasteiger partial charge in [-0.15, -0.1) is 6.58 Å². The zero-order valence-electron chi connectivity index (χ0n) is 20.2. The molecule has 0 saturated heterocycles. The Balaban J connectivity index is 1.58. The van der Waals surface area contributed by atoms with Crippen molar-refractivity contribution in [1.82, 2.24) is 9.80 Å². The first-order valence-corrected chi connectivity index (χ1v) is 11.9. The zero-order chi connectivity index (χ0) is 22.6. The van der Waals surface area contributed by atoms with Crippen molar-refractivity contribution in [2.75, 3.05) is 39.1 Å². The highest BCUT2D eigenvalue weighted by Gasteiger charge is 2.27. The highest BCUT2D eigenvalue weighted by atomic mass is 16.5. The van der Waals surface area contributed by atoms with Crippen LogP contribution in [0.15, 0.2) is 30.9 Å². The third kappa shape index (κ3) is 9.04. The molecule has 0 radical (unpaired) electrons. The van der Waals surface area contributed by atoms with Gasteiger partial charge in [0.05, 0.1) is 6.10 Å². The molecule has 1 aromatic rings. The second-order valence-corrected chi connectivity index (χ2v) is 9.11. The average Bonchev–Trinajstić information content (AvgIpc) is 2.75. The normalized spacial score (nSPS) is 18.7. The number of ether oxygens (including phenoxy) is 1. The van der Waals surface area contributed by atoms with Crippen LogP contribution in [0, 0.1) is 13.8 Å². The van der Waals surface area contributed by atoms with Crippen LogP contribution in [0.2, 0.25) is 0 Å². The van der Waals surface area contributed by atoms with Gasteiger partial charge in [0.25, 0.3) is 0 Å². The van der Waals surface area contributed by atoms with Gasteiger partial charge in [0.1, 0.15) is 0 Å². The molecule has 0 heterocycles. The van der Waals surface area contributed by atoms with Gasteiger partial charge >= 0.3 is 6.03 Å². The van der Waals surface area contributed by atoms with Gasteiger partial charge in [-0.05, 0) is 89.2 Å². The van der Waals surface area contributed by atoms with Gasteiger partial charge in [-0.25, -0.2) is 4.79 Å². The van der Waals surface area contributed by atoms with Gasteiger partial charge < -0.3 is 19.9 Å². The summed E-state index contributed by atoms with van der Waals surface area (Å²) in [5, 5.41) is 3.04. The van der Waals surface area contributed by atoms with Gasteiger partial charge in [-0.3, -0.25) is 0 Å². The average molecular weight is 430 g/mol. The Hall–Kier alpha value is -1.85. The van der Waals surface area contributed by atoms with Crippen molar-refractivity contribution in [2.24, 2.45) is 0 Å². The first kappa shape index (κ1) is 25.4. The number of carbonyl (C=O) groups excluding carboxylic acids is 1. The summed E-state index contributed by atoms with van der Waals surface area (Å²) in [5.74, 6) is 0. The molecule has 0 unspecified atom stereocenters. The van der Waals surface area contributed by atoms with Crippen molar-refractivity contribution in [2.45, 2.75) is 77.4 Å². The SMILES string of the molecule is C=CCN(C)CCCCCCO[C@H]1CC[C@H](N(C)C(=O)Nc2ccc(C)c(C)c2)CC1. The maximum Gasteiger partial charge on any atom is 0.321 e. The van der Waals surface area contributed by atoms with Crippen molar-refractivity contribution in [3.05, 3.63) is 42.0 Å². The van der Waals surface area contributed by atoms with Gasteiger partial charge in [0.15, 0.2) is 0 Å². The van der Waals surface area contributed by atoms with Crippen LogP contribution in [0.4, 0.5) is 10.5 Å². The maximum absolute atomic E-state index is 12.6. The molecule has 174 valence electrons. The third-order valence-corrected chi connectivity index (χ3v) is 6.50. The van der Waals surface area contributed by atoms with E-state index in [-0.39, 0.29) is 6.03 Å². The molecule has 1 aliphatic carbocycles. The quantitative estimate of drug-likeness (QED) is 0.339. The standard InChI is InChI=1S/C26H43N3O2/c1-6-17-28(4)18-9-7-8-10-19-31-25-15-13-24(14-16-25)29(5)26(30)27-23-12-11-21(2)22(3)20-23/h6,11-12,20,24-25H,1,7-10,13-19H2,2-5H3,(H,27,30)/t24-,25-. The van der Waals surface area contributed by atoms with Gasteiger partial charge in [-0.2, -0.15) is 0 Å². The first-order chi connectivity index (χ1) is 14.9. The number of benzene rings is 1. The molecule has 1 aliphatic rings. The van der Waals surface area contributed by atoms with E-state index in [4.69, 9.17) is 4.74 Å². The van der Waals surface area contributed by atoms with Crippen molar-refractivity contribution in [1.29, 1.82) is 0 Å². The van der Waals surface area contributed by atoms with Crippen LogP contribution < -0.4 is 5.32 Å². The van der Waals surface area contributed by atoms with E-state index in [1.54, 1.807) is 0 Å². The molecule has 0 aromatic heterocycles. The number of urea groups is 1. The Morgan fingerprint density at radius 1 is 1.10 bits per heavy atom. The molecular weight excluding hydrogens is 386 g/mol. The fourth-order valence-corrected chi connectivity index (χ4v) is 4.19. The van der Waals surface area contributed by atoms with E-state index in [2.05, 4.69) is 43.8 Å². The van der Waals surface area contributed by atoms with E-state index in [0.29, 0.717) is 12.1 Å². The van der Waals surface area contributed by atoms with Crippen molar-refractivity contribution < 1.29 is 9.53 Å². The van der Waals surface area contributed by atoms with E-state index in [1.807, 2.05) is 30.2 Å². The molecule has 1 aromatic carbocycles. The lowest BCUT2D eigenvalue weighted by atomic mass is 9.92. The summed E-state index contributed by atoms with van der Waals surface area (Å²) in [5.41, 5.74) is 3.29. The number of rotatable bonds is 12. The number of amides is 2. The number of likely N-dealkylation sites (N-methyl/N-ethyl adjacent to an activating group) is 1. The van der Waals surface area contributed by atoms with E-state index < -0.39 is 0 Å². The summed E-state index contributed by atoms with van der Waals surface area (Å²) >= 11 is 0. The Morgan fingerprint density at radius 3 is 2.48 bits per heavy atom. The number of unbranched alkanes of at least 4 members (excludes halogenated alkanes) is 3. The van der Waals surface area contributed by atoms with Gasteiger partial charge in [-0.1, -0.05) is 25.0 Å². The predicted molar refractivity (Wildman–Crippen MR) is 131 cm³/mol. The van der Waals surface area contributed by atoms with Crippen LogP contribution in [0.5, 0.6) is 0 Å². The first-order valence-electron chi connectivity index (χ1n) is 11.9. The predicted octanol–water partition coefficient (Wildman–Crippen LogP) is 5.77. The van der Waals surface area contributed by atoms with Crippen LogP contribution in [0.1, 0.15) is 62.5 Å². The summed E-state index contributed by atoms with van der Waals surface area (Å²) in [7, 11) is 4.06. The van der Waals surface area contributed by atoms with Crippen LogP contribution in [0.3, 0.4) is 0 Å². The molecule has 0 bridgehead atoms. The Labute approximate surface area is 189 Å². The zero-order valence-corrected chi connectivity index (χ0v) is 20.2. The monoisotopic (exact) mass is 429 g/mol. The molecule has 5 nitrogen and oxygen atoms in total. The Morgan fingerprint density at radius 2 is 1.81 bits per heavy atom. The molecule has 0 aliphatic heterocycles. The van der Waals surface area contributed by atoms with Gasteiger partial charge in [0, 0.05) is 31.9 Å². The molecule has 2 rings (SSSR count). The summed E-state index contributed by atoms with van der Waals surface area (Å²) < 4.78 is 6.11. The summed E-state index contributed by atoms with van der Waals surface area (Å²) in [6.45, 7) is 10.9. The lowest BCUT2D eigenvalue weighted by Crippen LogP contribution is -2.42. The molecule has 2 amide bonds. The Bertz CT molecular complexity index is 683. The minimum absolute atomic E-state index is 0.0219. The largest absolute Gasteiger partial charge is 0.378 e. The maximum atomic E-state index is 12.6. The second-order valence-electron chi connectivity index (χ2n) is 9.11. The van der Waals surface area contributed by atoms with E-state index >= 15 is 0 Å². The number of nitrogens with zero attached hydrogens (tertiary/aromatic N) is 2. The van der Waals surface area contributed by atoms with E-state index in [9.17, 15) is 4.79 Å². The minimum Gasteiger partial charge on any atom is -0.378 e. The lowest BCUT2D eigenvalue weighted by Gasteiger charge is -2.34. The number of hydrogen-bond donors (Lipinski definition) is 1. The molecule has 31 heavy (non-hydrogen) atoms. The molecule has 0 atom stereocenters. The van der Waals surface area contributed by atoms with E-state index in [0.717, 1.165) is 57.5 Å². The summed E-state index contributed by atoms with van der Waals surface area (Å²) in [6, 6.07) is 6.32. The van der Waals surface area contributed by atoms with Crippen molar-refractivity contribution in [3.8, 4) is 0 Å². The van der Waals surface area contributed by atoms with Crippen molar-refractivity contribution in [3.63, 3.8) is 0 Å². The number of aryl methyl sites for hydroxylation is 2. The van der Waals surface area contributed by atoms with Crippen LogP contribution in [0.25, 0.3) is 0 Å². The lowest BCUT2D eigenvalue weighted by molar-refractivity contribution is 0.0130. The number of carbonyl (C=O) groups is 1. The molecule has 5 heteroatoms.